The van der Waals surface area contributed by atoms with Crippen LogP contribution in [0.2, 0.25) is 0 Å². The average Bonchev–Trinajstić information content (AvgIpc) is 2.70. The molecule has 19 heavy (non-hydrogen) atoms. The van der Waals surface area contributed by atoms with Gasteiger partial charge in [0.2, 0.25) is 5.95 Å². The van der Waals surface area contributed by atoms with Gasteiger partial charge in [0.15, 0.2) is 0 Å². The summed E-state index contributed by atoms with van der Waals surface area (Å²) in [7, 11) is 0. The molecule has 5 nitrogen and oxygen atoms in total. The van der Waals surface area contributed by atoms with Crippen molar-refractivity contribution in [3.63, 3.8) is 0 Å². The number of nitrogens with one attached hydrogen (secondary N) is 2. The van der Waals surface area contributed by atoms with E-state index in [-0.39, 0.29) is 12.6 Å². The van der Waals surface area contributed by atoms with Crippen LogP contribution in [0, 0.1) is 6.92 Å². The second-order valence-electron chi connectivity index (χ2n) is 4.56. The number of hydrogen-bond donors (Lipinski definition) is 3. The quantitative estimate of drug-likeness (QED) is 0.759. The van der Waals surface area contributed by atoms with E-state index in [9.17, 15) is 0 Å². The molecule has 0 fully saturated rings. The number of aliphatic hydroxyl groups is 1. The zero-order valence-corrected chi connectivity index (χ0v) is 12.3. The standard InChI is InChI=1S/C13H20N4OS/c1-4-14-13-16-11(15-8(2)5-6-18)10-7-9(3)19-12(10)17-13/h7-8,18H,4-6H2,1-3H3,(H2,14,15,16,17). The maximum absolute atomic E-state index is 8.99. The van der Waals surface area contributed by atoms with Gasteiger partial charge in [-0.05, 0) is 33.3 Å². The maximum atomic E-state index is 8.99. The highest BCUT2D eigenvalue weighted by Gasteiger charge is 2.12. The lowest BCUT2D eigenvalue weighted by atomic mass is 10.2. The SMILES string of the molecule is CCNc1nc(NC(C)CCO)c2cc(C)sc2n1. The first kappa shape index (κ1) is 14.0. The minimum absolute atomic E-state index is 0.172. The van der Waals surface area contributed by atoms with Crippen LogP contribution in [-0.2, 0) is 0 Å². The van der Waals surface area contributed by atoms with Gasteiger partial charge >= 0.3 is 0 Å². The molecule has 2 aromatic rings. The van der Waals surface area contributed by atoms with Crippen LogP contribution >= 0.6 is 11.3 Å². The van der Waals surface area contributed by atoms with E-state index < -0.39 is 0 Å². The minimum Gasteiger partial charge on any atom is -0.396 e. The van der Waals surface area contributed by atoms with Gasteiger partial charge in [-0.25, -0.2) is 4.98 Å². The van der Waals surface area contributed by atoms with Crippen LogP contribution in [0.15, 0.2) is 6.07 Å². The van der Waals surface area contributed by atoms with Crippen molar-refractivity contribution in [2.24, 2.45) is 0 Å². The lowest BCUT2D eigenvalue weighted by Gasteiger charge is -2.14. The largest absolute Gasteiger partial charge is 0.396 e. The van der Waals surface area contributed by atoms with Gasteiger partial charge in [-0.15, -0.1) is 11.3 Å². The molecule has 0 aliphatic rings. The van der Waals surface area contributed by atoms with Crippen LogP contribution in [0.3, 0.4) is 0 Å². The number of fused-ring (bicyclic) bond motifs is 1. The zero-order chi connectivity index (χ0) is 13.8. The third kappa shape index (κ3) is 3.33. The molecule has 0 saturated heterocycles. The smallest absolute Gasteiger partial charge is 0.226 e. The Hall–Kier alpha value is -1.40. The van der Waals surface area contributed by atoms with Gasteiger partial charge in [-0.2, -0.15) is 4.98 Å². The first-order valence-corrected chi connectivity index (χ1v) is 7.35. The molecule has 0 saturated carbocycles. The molecule has 0 aromatic carbocycles. The summed E-state index contributed by atoms with van der Waals surface area (Å²) in [6, 6.07) is 2.28. The fraction of sp³-hybridized carbons (Fsp3) is 0.538. The second-order valence-corrected chi connectivity index (χ2v) is 5.79. The van der Waals surface area contributed by atoms with Gasteiger partial charge in [-0.3, -0.25) is 0 Å². The van der Waals surface area contributed by atoms with Crippen molar-refractivity contribution in [1.29, 1.82) is 0 Å². The Bertz CT molecular complexity index is 555. The van der Waals surface area contributed by atoms with Crippen molar-refractivity contribution in [3.8, 4) is 0 Å². The van der Waals surface area contributed by atoms with Crippen LogP contribution in [0.4, 0.5) is 11.8 Å². The summed E-state index contributed by atoms with van der Waals surface area (Å²) < 4.78 is 0. The van der Waals surface area contributed by atoms with Gasteiger partial charge in [0.05, 0.1) is 5.39 Å². The van der Waals surface area contributed by atoms with E-state index in [2.05, 4.69) is 33.6 Å². The topological polar surface area (TPSA) is 70.1 Å². The molecule has 0 aliphatic heterocycles. The fourth-order valence-corrected chi connectivity index (χ4v) is 2.77. The van der Waals surface area contributed by atoms with Gasteiger partial charge in [-0.1, -0.05) is 0 Å². The predicted molar refractivity (Wildman–Crippen MR) is 81.1 cm³/mol. The van der Waals surface area contributed by atoms with E-state index in [1.54, 1.807) is 11.3 Å². The number of rotatable bonds is 6. The van der Waals surface area contributed by atoms with Crippen molar-refractivity contribution < 1.29 is 5.11 Å². The number of hydrogen-bond acceptors (Lipinski definition) is 6. The van der Waals surface area contributed by atoms with E-state index >= 15 is 0 Å². The van der Waals surface area contributed by atoms with Crippen molar-refractivity contribution in [2.45, 2.75) is 33.2 Å². The first-order chi connectivity index (χ1) is 9.13. The van der Waals surface area contributed by atoms with E-state index in [1.165, 1.54) is 4.88 Å². The number of anilines is 2. The van der Waals surface area contributed by atoms with E-state index in [0.717, 1.165) is 22.6 Å². The molecule has 2 heterocycles. The molecule has 0 aliphatic carbocycles. The summed E-state index contributed by atoms with van der Waals surface area (Å²) in [5, 5.41) is 16.5. The molecule has 0 radical (unpaired) electrons. The molecule has 1 atom stereocenters. The molecular formula is C13H20N4OS. The Balaban J connectivity index is 2.37. The van der Waals surface area contributed by atoms with Crippen LogP contribution in [0.1, 0.15) is 25.1 Å². The van der Waals surface area contributed by atoms with Gasteiger partial charge < -0.3 is 15.7 Å². The zero-order valence-electron chi connectivity index (χ0n) is 11.5. The highest BCUT2D eigenvalue weighted by molar-refractivity contribution is 7.18. The summed E-state index contributed by atoms with van der Waals surface area (Å²) >= 11 is 1.67. The number of aromatic nitrogens is 2. The summed E-state index contributed by atoms with van der Waals surface area (Å²) in [4.78, 5) is 11.2. The monoisotopic (exact) mass is 280 g/mol. The molecule has 3 N–H and O–H groups in total. The lowest BCUT2D eigenvalue weighted by molar-refractivity contribution is 0.282. The van der Waals surface area contributed by atoms with Gasteiger partial charge in [0, 0.05) is 24.1 Å². The number of nitrogens with zero attached hydrogens (tertiary/aromatic N) is 2. The maximum Gasteiger partial charge on any atom is 0.226 e. The van der Waals surface area contributed by atoms with E-state index in [0.29, 0.717) is 12.4 Å². The lowest BCUT2D eigenvalue weighted by Crippen LogP contribution is -2.18. The third-order valence-electron chi connectivity index (χ3n) is 2.80. The van der Waals surface area contributed by atoms with Crippen LogP contribution in [0.25, 0.3) is 10.2 Å². The first-order valence-electron chi connectivity index (χ1n) is 6.53. The number of aryl methyl sites for hydroxylation is 1. The van der Waals surface area contributed by atoms with Crippen LogP contribution in [0.5, 0.6) is 0 Å². The summed E-state index contributed by atoms with van der Waals surface area (Å²) in [6.07, 6.45) is 0.700. The Kier molecular flexibility index (Phi) is 4.55. The van der Waals surface area contributed by atoms with Crippen LogP contribution < -0.4 is 10.6 Å². The molecule has 1 unspecified atom stereocenters. The Labute approximate surface area is 117 Å². The minimum atomic E-state index is 0.172. The summed E-state index contributed by atoms with van der Waals surface area (Å²) in [6.45, 7) is 7.10. The molecule has 0 spiro atoms. The average molecular weight is 280 g/mol. The molecule has 0 amide bonds. The van der Waals surface area contributed by atoms with E-state index in [1.807, 2.05) is 13.8 Å². The molecule has 6 heteroatoms. The molecule has 0 bridgehead atoms. The van der Waals surface area contributed by atoms with Crippen LogP contribution in [-0.4, -0.2) is 34.3 Å². The van der Waals surface area contributed by atoms with Crippen molar-refractivity contribution >= 4 is 33.3 Å². The Morgan fingerprint density at radius 2 is 2.21 bits per heavy atom. The fourth-order valence-electron chi connectivity index (χ4n) is 1.89. The highest BCUT2D eigenvalue weighted by Crippen LogP contribution is 2.30. The van der Waals surface area contributed by atoms with Crippen molar-refractivity contribution in [2.75, 3.05) is 23.8 Å². The molecule has 2 rings (SSSR count). The van der Waals surface area contributed by atoms with E-state index in [4.69, 9.17) is 5.11 Å². The highest BCUT2D eigenvalue weighted by atomic mass is 32.1. The van der Waals surface area contributed by atoms with Gasteiger partial charge in [0.1, 0.15) is 10.6 Å². The number of thiophene rings is 1. The third-order valence-corrected chi connectivity index (χ3v) is 3.74. The normalized spacial score (nSPS) is 12.6. The number of aliphatic hydroxyl groups excluding tert-OH is 1. The predicted octanol–water partition coefficient (Wildman–Crippen LogP) is 2.61. The van der Waals surface area contributed by atoms with Gasteiger partial charge in [0.25, 0.3) is 0 Å². The van der Waals surface area contributed by atoms with Crippen molar-refractivity contribution in [3.05, 3.63) is 10.9 Å². The summed E-state index contributed by atoms with van der Waals surface area (Å²) in [5.41, 5.74) is 0. The molecular weight excluding hydrogens is 260 g/mol. The Morgan fingerprint density at radius 1 is 1.42 bits per heavy atom. The molecule has 2 aromatic heterocycles. The van der Waals surface area contributed by atoms with Crippen molar-refractivity contribution in [1.82, 2.24) is 9.97 Å². The summed E-state index contributed by atoms with van der Waals surface area (Å²) in [5.74, 6) is 1.49. The molecule has 104 valence electrons. The Morgan fingerprint density at radius 3 is 2.89 bits per heavy atom. The second kappa shape index (κ2) is 6.16.